The molecule has 1 aliphatic rings. The Morgan fingerprint density at radius 3 is 2.60 bits per heavy atom. The highest BCUT2D eigenvalue weighted by atomic mass is 15.3. The Kier molecular flexibility index (Phi) is 2.29. The summed E-state index contributed by atoms with van der Waals surface area (Å²) in [5.74, 6) is 0.766. The Hall–Kier alpha value is -2.75. The summed E-state index contributed by atoms with van der Waals surface area (Å²) in [6.07, 6.45) is 8.02. The molecule has 0 fully saturated rings. The van der Waals surface area contributed by atoms with Gasteiger partial charge < -0.3 is 0 Å². The zero-order valence-electron chi connectivity index (χ0n) is 11.0. The molecule has 0 radical (unpaired) electrons. The first-order chi connectivity index (χ1) is 9.84. The number of aryl methyl sites for hydroxylation is 1. The number of allylic oxidation sites excluding steroid dienone is 2. The van der Waals surface area contributed by atoms with Gasteiger partial charge in [0.2, 0.25) is 0 Å². The largest absolute Gasteiger partial charge is 0.210 e. The van der Waals surface area contributed by atoms with Gasteiger partial charge in [-0.15, -0.1) is 10.2 Å². The summed E-state index contributed by atoms with van der Waals surface area (Å²) in [6.45, 7) is 2.01. The first kappa shape index (κ1) is 11.1. The van der Waals surface area contributed by atoms with Crippen molar-refractivity contribution < 1.29 is 0 Å². The summed E-state index contributed by atoms with van der Waals surface area (Å²) in [7, 11) is 0. The van der Waals surface area contributed by atoms with Crippen LogP contribution >= 0.6 is 0 Å². The monoisotopic (exact) mass is 260 g/mol. The fourth-order valence-electron chi connectivity index (χ4n) is 2.51. The molecule has 3 aromatic rings. The van der Waals surface area contributed by atoms with Crippen molar-refractivity contribution in [2.75, 3.05) is 0 Å². The second-order valence-corrected chi connectivity index (χ2v) is 4.75. The van der Waals surface area contributed by atoms with Crippen molar-refractivity contribution in [1.82, 2.24) is 19.8 Å². The van der Waals surface area contributed by atoms with Gasteiger partial charge in [-0.3, -0.25) is 0 Å². The predicted octanol–water partition coefficient (Wildman–Crippen LogP) is 3.14. The van der Waals surface area contributed by atoms with Crippen LogP contribution in [0.25, 0.3) is 29.1 Å². The zero-order chi connectivity index (χ0) is 13.5. The highest BCUT2D eigenvalue weighted by molar-refractivity contribution is 5.83. The fraction of sp³-hybridized carbons (Fsp3) is 0.0625. The van der Waals surface area contributed by atoms with E-state index in [0.29, 0.717) is 0 Å². The van der Waals surface area contributed by atoms with E-state index in [1.54, 1.807) is 0 Å². The average molecular weight is 260 g/mol. The fourth-order valence-corrected chi connectivity index (χ4v) is 2.51. The number of benzene rings is 1. The lowest BCUT2D eigenvalue weighted by atomic mass is 10.2. The maximum atomic E-state index is 4.63. The Labute approximate surface area is 116 Å². The molecule has 20 heavy (non-hydrogen) atoms. The summed E-state index contributed by atoms with van der Waals surface area (Å²) in [5, 5.41) is 13.3. The van der Waals surface area contributed by atoms with Gasteiger partial charge in [0.05, 0.1) is 5.69 Å². The van der Waals surface area contributed by atoms with Crippen molar-refractivity contribution in [3.8, 4) is 11.4 Å². The Morgan fingerprint density at radius 2 is 1.75 bits per heavy atom. The quantitative estimate of drug-likeness (QED) is 0.675. The molecule has 0 aliphatic heterocycles. The molecule has 96 valence electrons. The molecule has 4 heteroatoms. The summed E-state index contributed by atoms with van der Waals surface area (Å²) < 4.78 is 1.89. The molecule has 0 saturated heterocycles. The SMILES string of the molecule is Cc1nn2c(-c3ccccc3)nnc3c2c1C=CC=C3. The number of hydrogen-bond acceptors (Lipinski definition) is 3. The first-order valence-electron chi connectivity index (χ1n) is 6.51. The van der Waals surface area contributed by atoms with Crippen LogP contribution < -0.4 is 0 Å². The minimum Gasteiger partial charge on any atom is -0.210 e. The van der Waals surface area contributed by atoms with Crippen LogP contribution in [-0.4, -0.2) is 19.8 Å². The summed E-state index contributed by atoms with van der Waals surface area (Å²) >= 11 is 0. The Morgan fingerprint density at radius 1 is 0.950 bits per heavy atom. The molecular formula is C16H12N4. The van der Waals surface area contributed by atoms with Crippen molar-refractivity contribution in [2.45, 2.75) is 6.92 Å². The highest BCUT2D eigenvalue weighted by Crippen LogP contribution is 2.26. The van der Waals surface area contributed by atoms with Crippen molar-refractivity contribution in [2.24, 2.45) is 0 Å². The van der Waals surface area contributed by atoms with Crippen LogP contribution in [0, 0.1) is 6.92 Å². The van der Waals surface area contributed by atoms with Gasteiger partial charge in [-0.05, 0) is 13.0 Å². The molecule has 2 aromatic heterocycles. The minimum absolute atomic E-state index is 0.766. The van der Waals surface area contributed by atoms with Crippen LogP contribution in [0.3, 0.4) is 0 Å². The van der Waals surface area contributed by atoms with E-state index in [4.69, 9.17) is 0 Å². The van der Waals surface area contributed by atoms with Gasteiger partial charge in [-0.1, -0.05) is 48.6 Å². The van der Waals surface area contributed by atoms with E-state index in [9.17, 15) is 0 Å². The van der Waals surface area contributed by atoms with Crippen LogP contribution in [0.15, 0.2) is 42.5 Å². The molecule has 4 rings (SSSR count). The Balaban J connectivity index is 2.12. The molecule has 2 heterocycles. The smallest absolute Gasteiger partial charge is 0.183 e. The molecule has 0 N–H and O–H groups in total. The minimum atomic E-state index is 0.766. The van der Waals surface area contributed by atoms with Gasteiger partial charge in [-0.2, -0.15) is 5.10 Å². The maximum absolute atomic E-state index is 4.63. The molecule has 0 unspecified atom stereocenters. The third kappa shape index (κ3) is 1.51. The molecule has 0 saturated carbocycles. The average Bonchev–Trinajstić information content (AvgIpc) is 2.69. The van der Waals surface area contributed by atoms with Crippen molar-refractivity contribution in [3.63, 3.8) is 0 Å². The van der Waals surface area contributed by atoms with E-state index >= 15 is 0 Å². The van der Waals surface area contributed by atoms with E-state index in [-0.39, 0.29) is 0 Å². The molecule has 1 aliphatic carbocycles. The van der Waals surface area contributed by atoms with Gasteiger partial charge in [0.25, 0.3) is 0 Å². The zero-order valence-corrected chi connectivity index (χ0v) is 11.0. The second-order valence-electron chi connectivity index (χ2n) is 4.75. The topological polar surface area (TPSA) is 43.1 Å². The van der Waals surface area contributed by atoms with Gasteiger partial charge >= 0.3 is 0 Å². The van der Waals surface area contributed by atoms with E-state index in [1.807, 2.05) is 60.0 Å². The van der Waals surface area contributed by atoms with Crippen molar-refractivity contribution >= 4 is 17.7 Å². The van der Waals surface area contributed by atoms with E-state index in [0.717, 1.165) is 33.9 Å². The summed E-state index contributed by atoms with van der Waals surface area (Å²) in [6, 6.07) is 10.0. The first-order valence-corrected chi connectivity index (χ1v) is 6.51. The normalized spacial score (nSPS) is 12.8. The van der Waals surface area contributed by atoms with Gasteiger partial charge in [0.15, 0.2) is 5.82 Å². The Bertz CT molecular complexity index is 857. The molecule has 0 atom stereocenters. The number of aromatic nitrogens is 4. The van der Waals surface area contributed by atoms with Crippen molar-refractivity contribution in [1.29, 1.82) is 0 Å². The van der Waals surface area contributed by atoms with Crippen LogP contribution in [0.5, 0.6) is 0 Å². The third-order valence-corrected chi connectivity index (χ3v) is 3.46. The molecular weight excluding hydrogens is 248 g/mol. The summed E-state index contributed by atoms with van der Waals surface area (Å²) in [5.41, 5.74) is 4.97. The predicted molar refractivity (Wildman–Crippen MR) is 79.0 cm³/mol. The van der Waals surface area contributed by atoms with E-state index in [1.165, 1.54) is 0 Å². The molecule has 0 amide bonds. The molecule has 0 spiro atoms. The maximum Gasteiger partial charge on any atom is 0.183 e. The van der Waals surface area contributed by atoms with E-state index < -0.39 is 0 Å². The lowest BCUT2D eigenvalue weighted by molar-refractivity contribution is 0.861. The van der Waals surface area contributed by atoms with Gasteiger partial charge in [0, 0.05) is 11.1 Å². The van der Waals surface area contributed by atoms with Crippen LogP contribution in [0.2, 0.25) is 0 Å². The highest BCUT2D eigenvalue weighted by Gasteiger charge is 2.17. The molecule has 4 nitrogen and oxygen atoms in total. The molecule has 1 aromatic carbocycles. The van der Waals surface area contributed by atoms with Crippen LogP contribution in [-0.2, 0) is 0 Å². The standard InChI is InChI=1S/C16H12N4/c1-11-13-9-5-6-10-14-15(13)20(19-11)16(18-17-14)12-7-3-2-4-8-12/h2-10H,1H3. The van der Waals surface area contributed by atoms with Gasteiger partial charge in [-0.25, -0.2) is 4.52 Å². The lowest BCUT2D eigenvalue weighted by Crippen LogP contribution is -2.02. The number of hydrogen-bond donors (Lipinski definition) is 0. The van der Waals surface area contributed by atoms with Crippen molar-refractivity contribution in [3.05, 3.63) is 59.4 Å². The number of rotatable bonds is 1. The lowest BCUT2D eigenvalue weighted by Gasteiger charge is -2.05. The number of nitrogens with zero attached hydrogens (tertiary/aromatic N) is 4. The summed E-state index contributed by atoms with van der Waals surface area (Å²) in [4.78, 5) is 0. The van der Waals surface area contributed by atoms with Crippen LogP contribution in [0.1, 0.15) is 17.0 Å². The third-order valence-electron chi connectivity index (χ3n) is 3.46. The second kappa shape index (κ2) is 4.13. The van der Waals surface area contributed by atoms with Crippen LogP contribution in [0.4, 0.5) is 0 Å². The molecule has 0 bridgehead atoms. The van der Waals surface area contributed by atoms with E-state index in [2.05, 4.69) is 21.4 Å². The van der Waals surface area contributed by atoms with Gasteiger partial charge in [0.1, 0.15) is 11.2 Å².